The molecule has 0 unspecified atom stereocenters. The van der Waals surface area contributed by atoms with Crippen molar-refractivity contribution in [2.45, 2.75) is 6.54 Å². The highest BCUT2D eigenvalue weighted by atomic mass is 16.5. The monoisotopic (exact) mass is 234 g/mol. The number of aromatic nitrogens is 3. The molecule has 90 valence electrons. The van der Waals surface area contributed by atoms with E-state index >= 15 is 0 Å². The molecule has 0 aliphatic carbocycles. The first kappa shape index (κ1) is 11.5. The van der Waals surface area contributed by atoms with E-state index in [9.17, 15) is 4.79 Å². The number of esters is 1. The molecule has 0 amide bonds. The van der Waals surface area contributed by atoms with E-state index < -0.39 is 5.97 Å². The second kappa shape index (κ2) is 4.50. The first-order valence-corrected chi connectivity index (χ1v) is 5.19. The van der Waals surface area contributed by atoms with Crippen molar-refractivity contribution in [3.63, 3.8) is 0 Å². The van der Waals surface area contributed by atoms with Crippen molar-refractivity contribution >= 4 is 11.6 Å². The van der Waals surface area contributed by atoms with E-state index in [1.54, 1.807) is 16.5 Å². The first-order chi connectivity index (χ1) is 8.13. The number of ether oxygens (including phenoxy) is 1. The number of hydrogen-bond donors (Lipinski definition) is 0. The predicted molar refractivity (Wildman–Crippen MR) is 61.7 cm³/mol. The van der Waals surface area contributed by atoms with Crippen LogP contribution < -0.4 is 0 Å². The molecule has 0 aliphatic heterocycles. The second-order valence-corrected chi connectivity index (χ2v) is 3.96. The van der Waals surface area contributed by atoms with Gasteiger partial charge in [-0.05, 0) is 26.2 Å². The summed E-state index contributed by atoms with van der Waals surface area (Å²) in [4.78, 5) is 13.5. The second-order valence-electron chi connectivity index (χ2n) is 3.96. The fourth-order valence-corrected chi connectivity index (χ4v) is 1.62. The Hall–Kier alpha value is -1.95. The molecule has 6 nitrogen and oxygen atoms in total. The van der Waals surface area contributed by atoms with Crippen LogP contribution in [0.5, 0.6) is 0 Å². The summed E-state index contributed by atoms with van der Waals surface area (Å²) in [6, 6.07) is 3.46. The minimum absolute atomic E-state index is 0.403. The zero-order chi connectivity index (χ0) is 12.4. The summed E-state index contributed by atoms with van der Waals surface area (Å²) < 4.78 is 6.50. The highest BCUT2D eigenvalue weighted by molar-refractivity contribution is 5.95. The number of carbonyl (C=O) groups is 1. The fourth-order valence-electron chi connectivity index (χ4n) is 1.62. The average molecular weight is 234 g/mol. The highest BCUT2D eigenvalue weighted by Gasteiger charge is 2.15. The van der Waals surface area contributed by atoms with Crippen molar-refractivity contribution in [3.8, 4) is 0 Å². The zero-order valence-corrected chi connectivity index (χ0v) is 10.0. The molecule has 2 aromatic rings. The third kappa shape index (κ3) is 2.12. The lowest BCUT2D eigenvalue weighted by Gasteiger charge is -2.07. The lowest BCUT2D eigenvalue weighted by atomic mass is 10.2. The largest absolute Gasteiger partial charge is 0.465 e. The quantitative estimate of drug-likeness (QED) is 0.727. The highest BCUT2D eigenvalue weighted by Crippen LogP contribution is 2.11. The molecule has 2 rings (SSSR count). The third-order valence-corrected chi connectivity index (χ3v) is 2.37. The van der Waals surface area contributed by atoms with Crippen molar-refractivity contribution in [2.75, 3.05) is 21.2 Å². The Morgan fingerprint density at radius 3 is 2.88 bits per heavy atom. The minimum Gasteiger partial charge on any atom is -0.465 e. The Labute approximate surface area is 98.8 Å². The molecule has 0 aliphatic rings. The van der Waals surface area contributed by atoms with Gasteiger partial charge in [0.1, 0.15) is 5.56 Å². The number of methoxy groups -OCH3 is 1. The number of hydrogen-bond acceptors (Lipinski definition) is 5. The van der Waals surface area contributed by atoms with Crippen LogP contribution in [0.1, 0.15) is 16.2 Å². The molecule has 0 aromatic carbocycles. The number of carbonyl (C=O) groups excluding carboxylic acids is 1. The van der Waals surface area contributed by atoms with Gasteiger partial charge in [-0.3, -0.25) is 4.40 Å². The molecular formula is C11H14N4O2. The number of rotatable bonds is 3. The van der Waals surface area contributed by atoms with Crippen LogP contribution in [0.25, 0.3) is 5.65 Å². The topological polar surface area (TPSA) is 59.7 Å². The van der Waals surface area contributed by atoms with Crippen LogP contribution in [0.4, 0.5) is 0 Å². The summed E-state index contributed by atoms with van der Waals surface area (Å²) in [7, 11) is 5.25. The Morgan fingerprint density at radius 1 is 1.47 bits per heavy atom. The summed E-state index contributed by atoms with van der Waals surface area (Å²) in [5, 5.41) is 8.10. The standard InChI is InChI=1S/C11H14N4O2/c1-14(2)7-9-12-13-10-8(11(16)17-3)5-4-6-15(9)10/h4-6H,7H2,1-3H3. The van der Waals surface area contributed by atoms with Gasteiger partial charge in [0.05, 0.1) is 13.7 Å². The Morgan fingerprint density at radius 2 is 2.24 bits per heavy atom. The molecule has 6 heteroatoms. The third-order valence-electron chi connectivity index (χ3n) is 2.37. The number of fused-ring (bicyclic) bond motifs is 1. The molecule has 0 N–H and O–H groups in total. The van der Waals surface area contributed by atoms with Gasteiger partial charge < -0.3 is 9.64 Å². The van der Waals surface area contributed by atoms with E-state index in [4.69, 9.17) is 4.74 Å². The van der Waals surface area contributed by atoms with Gasteiger partial charge in [-0.25, -0.2) is 4.79 Å². The molecule has 0 spiro atoms. The van der Waals surface area contributed by atoms with Crippen LogP contribution in [0, 0.1) is 0 Å². The van der Waals surface area contributed by atoms with Gasteiger partial charge in [0.15, 0.2) is 11.5 Å². The maximum atomic E-state index is 11.5. The van der Waals surface area contributed by atoms with E-state index in [1.165, 1.54) is 7.11 Å². The first-order valence-electron chi connectivity index (χ1n) is 5.19. The Kier molecular flexibility index (Phi) is 3.06. The van der Waals surface area contributed by atoms with Gasteiger partial charge in [0, 0.05) is 6.20 Å². The van der Waals surface area contributed by atoms with E-state index in [1.807, 2.05) is 25.2 Å². The lowest BCUT2D eigenvalue weighted by molar-refractivity contribution is 0.0602. The van der Waals surface area contributed by atoms with E-state index in [0.717, 1.165) is 5.82 Å². The summed E-state index contributed by atoms with van der Waals surface area (Å²) in [5.74, 6) is 0.384. The van der Waals surface area contributed by atoms with Gasteiger partial charge in [0.25, 0.3) is 0 Å². The number of nitrogens with zero attached hydrogens (tertiary/aromatic N) is 4. The van der Waals surface area contributed by atoms with Gasteiger partial charge in [0.2, 0.25) is 0 Å². The van der Waals surface area contributed by atoms with Crippen LogP contribution >= 0.6 is 0 Å². The van der Waals surface area contributed by atoms with E-state index in [2.05, 4.69) is 10.2 Å². The lowest BCUT2D eigenvalue weighted by Crippen LogP contribution is -2.13. The Bertz CT molecular complexity index is 547. The van der Waals surface area contributed by atoms with Crippen molar-refractivity contribution in [3.05, 3.63) is 29.7 Å². The van der Waals surface area contributed by atoms with Crippen molar-refractivity contribution in [1.82, 2.24) is 19.5 Å². The van der Waals surface area contributed by atoms with Gasteiger partial charge in [-0.1, -0.05) is 0 Å². The molecule has 0 saturated carbocycles. The van der Waals surface area contributed by atoms with Gasteiger partial charge >= 0.3 is 5.97 Å². The molecule has 2 aromatic heterocycles. The zero-order valence-electron chi connectivity index (χ0n) is 10.0. The summed E-state index contributed by atoms with van der Waals surface area (Å²) in [6.45, 7) is 0.659. The molecule has 0 atom stereocenters. The van der Waals surface area contributed by atoms with Crippen LogP contribution in [-0.4, -0.2) is 46.7 Å². The maximum Gasteiger partial charge on any atom is 0.341 e. The molecular weight excluding hydrogens is 220 g/mol. The normalized spacial score (nSPS) is 11.1. The van der Waals surface area contributed by atoms with Crippen LogP contribution in [0.3, 0.4) is 0 Å². The molecule has 0 radical (unpaired) electrons. The fraction of sp³-hybridized carbons (Fsp3) is 0.364. The van der Waals surface area contributed by atoms with Crippen molar-refractivity contribution in [2.24, 2.45) is 0 Å². The van der Waals surface area contributed by atoms with Gasteiger partial charge in [-0.2, -0.15) is 0 Å². The maximum absolute atomic E-state index is 11.5. The smallest absolute Gasteiger partial charge is 0.341 e. The number of pyridine rings is 1. The molecule has 0 bridgehead atoms. The summed E-state index contributed by atoms with van der Waals surface area (Å²) in [6.07, 6.45) is 1.83. The Balaban J connectivity index is 2.52. The van der Waals surface area contributed by atoms with Gasteiger partial charge in [-0.15, -0.1) is 10.2 Å². The van der Waals surface area contributed by atoms with E-state index in [-0.39, 0.29) is 0 Å². The molecule has 0 saturated heterocycles. The SMILES string of the molecule is COC(=O)c1cccn2c(CN(C)C)nnc12. The van der Waals surface area contributed by atoms with E-state index in [0.29, 0.717) is 17.8 Å². The average Bonchev–Trinajstić information content (AvgIpc) is 2.71. The van der Waals surface area contributed by atoms with Crippen LogP contribution in [0.2, 0.25) is 0 Å². The molecule has 0 fully saturated rings. The molecule has 2 heterocycles. The van der Waals surface area contributed by atoms with Crippen molar-refractivity contribution in [1.29, 1.82) is 0 Å². The summed E-state index contributed by atoms with van der Waals surface area (Å²) >= 11 is 0. The van der Waals surface area contributed by atoms with Crippen LogP contribution in [0.15, 0.2) is 18.3 Å². The van der Waals surface area contributed by atoms with Crippen molar-refractivity contribution < 1.29 is 9.53 Å². The van der Waals surface area contributed by atoms with Crippen LogP contribution in [-0.2, 0) is 11.3 Å². The minimum atomic E-state index is -0.403. The molecule has 17 heavy (non-hydrogen) atoms. The predicted octanol–water partition coefficient (Wildman–Crippen LogP) is 0.577. The summed E-state index contributed by atoms with van der Waals surface area (Å²) in [5.41, 5.74) is 0.948.